The van der Waals surface area contributed by atoms with Crippen LogP contribution in [0.15, 0.2) is 12.2 Å². The van der Waals surface area contributed by atoms with Crippen LogP contribution < -0.4 is 11.3 Å². The van der Waals surface area contributed by atoms with Crippen molar-refractivity contribution in [3.63, 3.8) is 0 Å². The molecule has 2 atom stereocenters. The van der Waals surface area contributed by atoms with Crippen LogP contribution in [-0.2, 0) is 0 Å². The summed E-state index contributed by atoms with van der Waals surface area (Å²) in [6, 6.07) is 0.495. The average Bonchev–Trinajstić information content (AvgIpc) is 1.89. The van der Waals surface area contributed by atoms with Gasteiger partial charge < -0.3 is 0 Å². The molecule has 0 spiro atoms. The average molecular weight is 126 g/mol. The number of nitrogens with one attached hydrogen (secondary N) is 1. The Balaban J connectivity index is 2.44. The first-order valence-corrected chi connectivity index (χ1v) is 3.47. The maximum atomic E-state index is 5.31. The number of rotatable bonds is 1. The summed E-state index contributed by atoms with van der Waals surface area (Å²) in [5, 5.41) is 0. The van der Waals surface area contributed by atoms with Gasteiger partial charge in [0.15, 0.2) is 0 Å². The molecule has 0 aromatic carbocycles. The molecule has 0 unspecified atom stereocenters. The highest BCUT2D eigenvalue weighted by Crippen LogP contribution is 2.15. The number of hydrogen-bond donors (Lipinski definition) is 2. The van der Waals surface area contributed by atoms with Crippen molar-refractivity contribution in [2.24, 2.45) is 11.8 Å². The lowest BCUT2D eigenvalue weighted by Crippen LogP contribution is -2.40. The highest BCUT2D eigenvalue weighted by molar-refractivity contribution is 4.97. The lowest BCUT2D eigenvalue weighted by Gasteiger charge is -2.22. The Labute approximate surface area is 56.1 Å². The molecule has 0 amide bonds. The van der Waals surface area contributed by atoms with Gasteiger partial charge in [0.05, 0.1) is 0 Å². The van der Waals surface area contributed by atoms with E-state index in [0.717, 1.165) is 0 Å². The van der Waals surface area contributed by atoms with Gasteiger partial charge in [-0.25, -0.2) is 0 Å². The Bertz CT molecular complexity index is 109. The van der Waals surface area contributed by atoms with Gasteiger partial charge in [0.1, 0.15) is 0 Å². The molecule has 0 aromatic heterocycles. The summed E-state index contributed by atoms with van der Waals surface area (Å²) >= 11 is 0. The Hall–Kier alpha value is -0.340. The zero-order chi connectivity index (χ0) is 6.69. The fraction of sp³-hybridized carbons (Fsp3) is 0.714. The van der Waals surface area contributed by atoms with E-state index in [1.54, 1.807) is 0 Å². The third kappa shape index (κ3) is 1.53. The molecule has 0 aliphatic heterocycles. The molecule has 0 saturated carbocycles. The molecule has 2 nitrogen and oxygen atoms in total. The van der Waals surface area contributed by atoms with E-state index in [2.05, 4.69) is 24.5 Å². The fourth-order valence-corrected chi connectivity index (χ4v) is 1.22. The van der Waals surface area contributed by atoms with Gasteiger partial charge in [0.2, 0.25) is 0 Å². The van der Waals surface area contributed by atoms with Gasteiger partial charge >= 0.3 is 0 Å². The van der Waals surface area contributed by atoms with Crippen molar-refractivity contribution in [3.8, 4) is 0 Å². The third-order valence-corrected chi connectivity index (χ3v) is 1.93. The van der Waals surface area contributed by atoms with Gasteiger partial charge in [-0.05, 0) is 18.8 Å². The summed E-state index contributed by atoms with van der Waals surface area (Å²) in [5.41, 5.74) is 2.80. The predicted octanol–water partition coefficient (Wildman–Crippen LogP) is 0.804. The van der Waals surface area contributed by atoms with Crippen LogP contribution in [0.2, 0.25) is 0 Å². The van der Waals surface area contributed by atoms with Gasteiger partial charge in [0, 0.05) is 6.04 Å². The van der Waals surface area contributed by atoms with Gasteiger partial charge in [-0.1, -0.05) is 19.1 Å². The fourth-order valence-electron chi connectivity index (χ4n) is 1.22. The molecule has 3 N–H and O–H groups in total. The van der Waals surface area contributed by atoms with E-state index in [4.69, 9.17) is 5.84 Å². The molecule has 0 fully saturated rings. The molecule has 1 aliphatic carbocycles. The summed E-state index contributed by atoms with van der Waals surface area (Å²) in [7, 11) is 0. The monoisotopic (exact) mass is 126 g/mol. The van der Waals surface area contributed by atoms with Gasteiger partial charge in [0.25, 0.3) is 0 Å². The van der Waals surface area contributed by atoms with Crippen LogP contribution in [0.5, 0.6) is 0 Å². The third-order valence-electron chi connectivity index (χ3n) is 1.93. The largest absolute Gasteiger partial charge is 0.271 e. The minimum Gasteiger partial charge on any atom is -0.271 e. The minimum absolute atomic E-state index is 0.495. The Morgan fingerprint density at radius 1 is 1.67 bits per heavy atom. The van der Waals surface area contributed by atoms with E-state index in [1.807, 2.05) is 0 Å². The molecule has 0 bridgehead atoms. The number of allylic oxidation sites excluding steroid dienone is 1. The van der Waals surface area contributed by atoms with E-state index in [1.165, 1.54) is 12.8 Å². The maximum Gasteiger partial charge on any atom is 0.0273 e. The Kier molecular flexibility index (Phi) is 2.25. The van der Waals surface area contributed by atoms with Crippen molar-refractivity contribution in [2.75, 3.05) is 0 Å². The Morgan fingerprint density at radius 2 is 2.44 bits per heavy atom. The molecular formula is C7H14N2. The highest BCUT2D eigenvalue weighted by Gasteiger charge is 2.14. The molecule has 9 heavy (non-hydrogen) atoms. The standard InChI is InChI=1S/C7H14N2/c1-6-4-2-3-5-7(6)9-8/h2,4,6-7,9H,3,5,8H2,1H3/t6-,7-/m1/s1. The molecule has 0 radical (unpaired) electrons. The van der Waals surface area contributed by atoms with Crippen molar-refractivity contribution in [3.05, 3.63) is 12.2 Å². The molecule has 1 aliphatic rings. The van der Waals surface area contributed by atoms with E-state index >= 15 is 0 Å². The topological polar surface area (TPSA) is 38.0 Å². The van der Waals surface area contributed by atoms with Gasteiger partial charge in [-0.3, -0.25) is 11.3 Å². The first-order chi connectivity index (χ1) is 4.34. The van der Waals surface area contributed by atoms with Crippen molar-refractivity contribution in [1.29, 1.82) is 0 Å². The minimum atomic E-state index is 0.495. The predicted molar refractivity (Wildman–Crippen MR) is 38.6 cm³/mol. The van der Waals surface area contributed by atoms with Crippen LogP contribution in [0.3, 0.4) is 0 Å². The summed E-state index contributed by atoms with van der Waals surface area (Å²) < 4.78 is 0. The van der Waals surface area contributed by atoms with Gasteiger partial charge in [-0.15, -0.1) is 0 Å². The van der Waals surface area contributed by atoms with Crippen molar-refractivity contribution in [1.82, 2.24) is 5.43 Å². The van der Waals surface area contributed by atoms with E-state index in [9.17, 15) is 0 Å². The summed E-state index contributed by atoms with van der Waals surface area (Å²) in [4.78, 5) is 0. The molecular weight excluding hydrogens is 112 g/mol. The summed E-state index contributed by atoms with van der Waals surface area (Å²) in [5.74, 6) is 5.91. The molecule has 0 heterocycles. The highest BCUT2D eigenvalue weighted by atomic mass is 15.2. The maximum absolute atomic E-state index is 5.31. The number of nitrogens with two attached hydrogens (primary N) is 1. The first-order valence-electron chi connectivity index (χ1n) is 3.47. The zero-order valence-electron chi connectivity index (χ0n) is 5.80. The second-order valence-corrected chi connectivity index (χ2v) is 2.64. The lowest BCUT2D eigenvalue weighted by atomic mass is 9.93. The van der Waals surface area contributed by atoms with Gasteiger partial charge in [-0.2, -0.15) is 0 Å². The van der Waals surface area contributed by atoms with E-state index < -0.39 is 0 Å². The van der Waals surface area contributed by atoms with Crippen molar-refractivity contribution < 1.29 is 0 Å². The number of hydrazine groups is 1. The van der Waals surface area contributed by atoms with Crippen LogP contribution in [0.1, 0.15) is 19.8 Å². The van der Waals surface area contributed by atoms with Crippen LogP contribution >= 0.6 is 0 Å². The SMILES string of the molecule is C[C@@H]1C=CCC[C@H]1NN. The van der Waals surface area contributed by atoms with Crippen molar-refractivity contribution >= 4 is 0 Å². The molecule has 2 heteroatoms. The normalized spacial score (nSPS) is 34.9. The summed E-state index contributed by atoms with van der Waals surface area (Å²) in [6.45, 7) is 2.18. The first kappa shape index (κ1) is 6.78. The smallest absolute Gasteiger partial charge is 0.0273 e. The molecule has 0 aromatic rings. The van der Waals surface area contributed by atoms with Crippen LogP contribution in [0, 0.1) is 5.92 Å². The Morgan fingerprint density at radius 3 is 2.89 bits per heavy atom. The second-order valence-electron chi connectivity index (χ2n) is 2.64. The van der Waals surface area contributed by atoms with E-state index in [0.29, 0.717) is 12.0 Å². The van der Waals surface area contributed by atoms with Crippen molar-refractivity contribution in [2.45, 2.75) is 25.8 Å². The van der Waals surface area contributed by atoms with E-state index in [-0.39, 0.29) is 0 Å². The summed E-state index contributed by atoms with van der Waals surface area (Å²) in [6.07, 6.45) is 6.78. The zero-order valence-corrected chi connectivity index (χ0v) is 5.80. The van der Waals surface area contributed by atoms with Crippen LogP contribution in [-0.4, -0.2) is 6.04 Å². The number of hydrogen-bond acceptors (Lipinski definition) is 2. The quantitative estimate of drug-likeness (QED) is 0.310. The van der Waals surface area contributed by atoms with Crippen LogP contribution in [0.25, 0.3) is 0 Å². The lowest BCUT2D eigenvalue weighted by molar-refractivity contribution is 0.401. The molecule has 1 rings (SSSR count). The second kappa shape index (κ2) is 2.99. The van der Waals surface area contributed by atoms with Crippen LogP contribution in [0.4, 0.5) is 0 Å². The molecule has 0 saturated heterocycles. The molecule has 52 valence electrons.